The minimum atomic E-state index is -0.819. The molecule has 1 saturated carbocycles. The Balaban J connectivity index is 2.26. The predicted octanol–water partition coefficient (Wildman–Crippen LogP) is 2.47. The van der Waals surface area contributed by atoms with Crippen molar-refractivity contribution in [3.63, 3.8) is 0 Å². The van der Waals surface area contributed by atoms with E-state index in [2.05, 4.69) is 38.3 Å². The molecule has 5 nitrogen and oxygen atoms in total. The zero-order valence-electron chi connectivity index (χ0n) is 13.2. The topological polar surface area (TPSA) is 78.4 Å². The minimum absolute atomic E-state index is 0.00735. The second kappa shape index (κ2) is 6.02. The molecule has 1 aliphatic rings. The highest BCUT2D eigenvalue weighted by molar-refractivity contribution is 5.74. The van der Waals surface area contributed by atoms with Gasteiger partial charge in [0.1, 0.15) is 0 Å². The first-order chi connectivity index (χ1) is 9.12. The van der Waals surface area contributed by atoms with Crippen molar-refractivity contribution in [1.82, 2.24) is 10.6 Å². The molecular formula is C15H28N2O3. The quantitative estimate of drug-likeness (QED) is 0.672. The molecule has 2 amide bonds. The van der Waals surface area contributed by atoms with Crippen LogP contribution in [0.25, 0.3) is 0 Å². The van der Waals surface area contributed by atoms with Gasteiger partial charge in [-0.2, -0.15) is 0 Å². The maximum atomic E-state index is 11.7. The lowest BCUT2D eigenvalue weighted by Crippen LogP contribution is -2.39. The number of carbonyl (C=O) groups excluding carboxylic acids is 1. The first kappa shape index (κ1) is 16.8. The molecule has 5 heteroatoms. The molecule has 1 aliphatic carbocycles. The second-order valence-corrected chi connectivity index (χ2v) is 6.96. The lowest BCUT2D eigenvalue weighted by atomic mass is 10.0. The van der Waals surface area contributed by atoms with Crippen molar-refractivity contribution in [2.45, 2.75) is 47.5 Å². The Morgan fingerprint density at radius 2 is 1.70 bits per heavy atom. The summed E-state index contributed by atoms with van der Waals surface area (Å²) in [6.07, 6.45) is 0.842. The number of amides is 2. The Hall–Kier alpha value is -1.26. The van der Waals surface area contributed by atoms with Gasteiger partial charge in [-0.15, -0.1) is 0 Å². The Morgan fingerprint density at radius 3 is 2.10 bits per heavy atom. The van der Waals surface area contributed by atoms with Gasteiger partial charge in [0.05, 0.1) is 0 Å². The van der Waals surface area contributed by atoms with E-state index in [0.717, 1.165) is 6.42 Å². The van der Waals surface area contributed by atoms with Gasteiger partial charge in [-0.25, -0.2) is 4.79 Å². The number of urea groups is 1. The van der Waals surface area contributed by atoms with E-state index < -0.39 is 5.97 Å². The van der Waals surface area contributed by atoms with Gasteiger partial charge < -0.3 is 15.7 Å². The van der Waals surface area contributed by atoms with E-state index in [4.69, 9.17) is 5.11 Å². The van der Waals surface area contributed by atoms with Crippen molar-refractivity contribution in [2.75, 3.05) is 13.1 Å². The predicted molar refractivity (Wildman–Crippen MR) is 78.5 cm³/mol. The van der Waals surface area contributed by atoms with Crippen molar-refractivity contribution in [1.29, 1.82) is 0 Å². The molecule has 1 rings (SSSR count). The third-order valence-corrected chi connectivity index (χ3v) is 5.38. The number of hydrogen-bond acceptors (Lipinski definition) is 2. The molecular weight excluding hydrogens is 256 g/mol. The Labute approximate surface area is 121 Å². The summed E-state index contributed by atoms with van der Waals surface area (Å²) in [5.74, 6) is -0.339. The minimum Gasteiger partial charge on any atom is -0.481 e. The highest BCUT2D eigenvalue weighted by atomic mass is 16.4. The van der Waals surface area contributed by atoms with Gasteiger partial charge in [0, 0.05) is 19.5 Å². The fourth-order valence-electron chi connectivity index (χ4n) is 2.95. The van der Waals surface area contributed by atoms with Crippen LogP contribution in [0.15, 0.2) is 0 Å². The van der Waals surface area contributed by atoms with E-state index in [1.54, 1.807) is 0 Å². The summed E-state index contributed by atoms with van der Waals surface area (Å²) in [5.41, 5.74) is 0.519. The summed E-state index contributed by atoms with van der Waals surface area (Å²) < 4.78 is 0. The fourth-order valence-corrected chi connectivity index (χ4v) is 2.95. The van der Waals surface area contributed by atoms with Crippen LogP contribution >= 0.6 is 0 Å². The first-order valence-corrected chi connectivity index (χ1v) is 7.36. The smallest absolute Gasteiger partial charge is 0.314 e. The van der Waals surface area contributed by atoms with Crippen LogP contribution in [0, 0.1) is 22.7 Å². The lowest BCUT2D eigenvalue weighted by Gasteiger charge is -2.14. The van der Waals surface area contributed by atoms with Crippen LogP contribution in [0.2, 0.25) is 0 Å². The molecule has 1 atom stereocenters. The Kier molecular flexibility index (Phi) is 5.05. The molecule has 0 aromatic carbocycles. The van der Waals surface area contributed by atoms with Gasteiger partial charge in [-0.1, -0.05) is 41.0 Å². The molecule has 1 fully saturated rings. The highest BCUT2D eigenvalue weighted by Gasteiger charge is 2.64. The number of carboxylic acids is 1. The molecule has 0 saturated heterocycles. The summed E-state index contributed by atoms with van der Waals surface area (Å²) in [5, 5.41) is 14.4. The van der Waals surface area contributed by atoms with Crippen LogP contribution in [0.3, 0.4) is 0 Å². The van der Waals surface area contributed by atoms with Gasteiger partial charge in [-0.05, 0) is 22.7 Å². The van der Waals surface area contributed by atoms with Crippen molar-refractivity contribution in [3.05, 3.63) is 0 Å². The monoisotopic (exact) mass is 284 g/mol. The number of carbonyl (C=O) groups is 2. The van der Waals surface area contributed by atoms with Crippen LogP contribution in [-0.4, -0.2) is 30.2 Å². The average Bonchev–Trinajstić information content (AvgIpc) is 2.72. The first-order valence-electron chi connectivity index (χ1n) is 7.36. The van der Waals surface area contributed by atoms with E-state index in [1.807, 2.05) is 6.92 Å². The van der Waals surface area contributed by atoms with Crippen LogP contribution in [-0.2, 0) is 4.79 Å². The number of aliphatic carboxylic acids is 1. The molecule has 1 unspecified atom stereocenters. The third-order valence-electron chi connectivity index (χ3n) is 5.38. The molecule has 0 heterocycles. The molecule has 0 radical (unpaired) electrons. The van der Waals surface area contributed by atoms with Gasteiger partial charge in [0.15, 0.2) is 0 Å². The highest BCUT2D eigenvalue weighted by Crippen LogP contribution is 2.67. The van der Waals surface area contributed by atoms with Crippen LogP contribution in [0.1, 0.15) is 47.5 Å². The maximum Gasteiger partial charge on any atom is 0.314 e. The SMILES string of the molecule is CCC(CNC(=O)NCC1C(C)(C)C1(C)C)CC(=O)O. The van der Waals surface area contributed by atoms with Crippen molar-refractivity contribution < 1.29 is 14.7 Å². The molecule has 0 aromatic heterocycles. The summed E-state index contributed by atoms with van der Waals surface area (Å²) >= 11 is 0. The molecule has 0 spiro atoms. The standard InChI is InChI=1S/C15H28N2O3/c1-6-10(7-12(18)19)8-16-13(20)17-9-11-14(2,3)15(11,4)5/h10-11H,6-9H2,1-5H3,(H,18,19)(H2,16,17,20). The fraction of sp³-hybridized carbons (Fsp3) is 0.867. The molecule has 0 bridgehead atoms. The van der Waals surface area contributed by atoms with Gasteiger partial charge in [0.2, 0.25) is 0 Å². The number of rotatable bonds is 7. The second-order valence-electron chi connectivity index (χ2n) is 6.96. The summed E-state index contributed by atoms with van der Waals surface area (Å²) in [6.45, 7) is 11.9. The normalized spacial score (nSPS) is 21.1. The van der Waals surface area contributed by atoms with Gasteiger partial charge in [0.25, 0.3) is 0 Å². The summed E-state index contributed by atoms with van der Waals surface area (Å²) in [7, 11) is 0. The Morgan fingerprint density at radius 1 is 1.15 bits per heavy atom. The summed E-state index contributed by atoms with van der Waals surface area (Å²) in [4.78, 5) is 22.4. The number of nitrogens with one attached hydrogen (secondary N) is 2. The van der Waals surface area contributed by atoms with E-state index in [9.17, 15) is 9.59 Å². The molecule has 0 aliphatic heterocycles. The number of hydrogen-bond donors (Lipinski definition) is 3. The maximum absolute atomic E-state index is 11.7. The van der Waals surface area contributed by atoms with Crippen molar-refractivity contribution in [2.24, 2.45) is 22.7 Å². The van der Waals surface area contributed by atoms with Gasteiger partial charge in [-0.3, -0.25) is 4.79 Å². The largest absolute Gasteiger partial charge is 0.481 e. The van der Waals surface area contributed by atoms with Gasteiger partial charge >= 0.3 is 12.0 Å². The lowest BCUT2D eigenvalue weighted by molar-refractivity contribution is -0.138. The van der Waals surface area contributed by atoms with Crippen molar-refractivity contribution in [3.8, 4) is 0 Å². The zero-order valence-corrected chi connectivity index (χ0v) is 13.2. The van der Waals surface area contributed by atoms with E-state index in [-0.39, 0.29) is 29.2 Å². The molecule has 0 aromatic rings. The van der Waals surface area contributed by atoms with E-state index in [1.165, 1.54) is 0 Å². The zero-order chi connectivity index (χ0) is 15.6. The van der Waals surface area contributed by atoms with Crippen molar-refractivity contribution >= 4 is 12.0 Å². The van der Waals surface area contributed by atoms with E-state index >= 15 is 0 Å². The van der Waals surface area contributed by atoms with E-state index in [0.29, 0.717) is 19.0 Å². The van der Waals surface area contributed by atoms with Crippen LogP contribution in [0.5, 0.6) is 0 Å². The van der Waals surface area contributed by atoms with Crippen LogP contribution < -0.4 is 10.6 Å². The third kappa shape index (κ3) is 3.64. The molecule has 20 heavy (non-hydrogen) atoms. The molecule has 3 N–H and O–H groups in total. The summed E-state index contributed by atoms with van der Waals surface area (Å²) in [6, 6.07) is -0.202. The average molecular weight is 284 g/mol. The van der Waals surface area contributed by atoms with Crippen LogP contribution in [0.4, 0.5) is 4.79 Å². The number of carboxylic acid groups (broad SMARTS) is 1. The molecule has 116 valence electrons. The Bertz CT molecular complexity index is 363.